The van der Waals surface area contributed by atoms with Crippen LogP contribution in [0.1, 0.15) is 21.6 Å². The van der Waals surface area contributed by atoms with Crippen molar-refractivity contribution < 1.29 is 9.53 Å². The summed E-state index contributed by atoms with van der Waals surface area (Å²) in [5.74, 6) is 0.880. The number of ketones is 1. The van der Waals surface area contributed by atoms with Gasteiger partial charge in [-0.1, -0.05) is 66.7 Å². The third-order valence-electron chi connectivity index (χ3n) is 4.43. The predicted molar refractivity (Wildman–Crippen MR) is 107 cm³/mol. The number of para-hydroxylation sites is 1. The molecule has 0 aliphatic rings. The van der Waals surface area contributed by atoms with Gasteiger partial charge in [0.2, 0.25) is 0 Å². The van der Waals surface area contributed by atoms with Gasteiger partial charge in [-0.2, -0.15) is 0 Å². The van der Waals surface area contributed by atoms with E-state index in [1.54, 1.807) is 0 Å². The molecule has 3 heteroatoms. The van der Waals surface area contributed by atoms with Crippen molar-refractivity contribution in [3.05, 3.63) is 108 Å². The molecule has 0 atom stereocenters. The number of hydrogen-bond acceptors (Lipinski definition) is 3. The van der Waals surface area contributed by atoms with Crippen molar-refractivity contribution in [2.24, 2.45) is 0 Å². The highest BCUT2D eigenvalue weighted by Gasteiger charge is 2.07. The second kappa shape index (κ2) is 7.83. The Balaban J connectivity index is 1.38. The number of carbonyl (C=O) groups is 1. The summed E-state index contributed by atoms with van der Waals surface area (Å²) in [4.78, 5) is 16.9. The van der Waals surface area contributed by atoms with Gasteiger partial charge in [0.05, 0.1) is 11.2 Å². The van der Waals surface area contributed by atoms with E-state index in [2.05, 4.69) is 11.1 Å². The van der Waals surface area contributed by atoms with Gasteiger partial charge < -0.3 is 4.74 Å². The van der Waals surface area contributed by atoms with Crippen LogP contribution < -0.4 is 4.74 Å². The van der Waals surface area contributed by atoms with Crippen molar-refractivity contribution in [1.82, 2.24) is 4.98 Å². The Bertz CT molecular complexity index is 1060. The Kier molecular flexibility index (Phi) is 4.93. The third kappa shape index (κ3) is 4.21. The van der Waals surface area contributed by atoms with Crippen LogP contribution in [0.3, 0.4) is 0 Å². The molecule has 3 aromatic carbocycles. The van der Waals surface area contributed by atoms with E-state index in [0.29, 0.717) is 13.0 Å². The minimum absolute atomic E-state index is 0.115. The number of hydrogen-bond donors (Lipinski definition) is 0. The van der Waals surface area contributed by atoms with Crippen LogP contribution >= 0.6 is 0 Å². The number of aromatic nitrogens is 1. The number of pyridine rings is 1. The molecule has 0 fully saturated rings. The summed E-state index contributed by atoms with van der Waals surface area (Å²) in [6, 6.07) is 29.1. The van der Waals surface area contributed by atoms with Crippen molar-refractivity contribution in [3.8, 4) is 5.75 Å². The Morgan fingerprint density at radius 3 is 2.33 bits per heavy atom. The van der Waals surface area contributed by atoms with Crippen LogP contribution in [0.15, 0.2) is 91.0 Å². The Hall–Kier alpha value is -3.46. The maximum absolute atomic E-state index is 12.3. The first-order valence-corrected chi connectivity index (χ1v) is 8.92. The van der Waals surface area contributed by atoms with E-state index >= 15 is 0 Å². The van der Waals surface area contributed by atoms with Crippen LogP contribution in [0.5, 0.6) is 5.75 Å². The second-order valence-electron chi connectivity index (χ2n) is 6.39. The van der Waals surface area contributed by atoms with Gasteiger partial charge in [-0.25, -0.2) is 4.98 Å². The van der Waals surface area contributed by atoms with Crippen LogP contribution in [-0.4, -0.2) is 10.8 Å². The monoisotopic (exact) mass is 353 g/mol. The lowest BCUT2D eigenvalue weighted by Crippen LogP contribution is -2.03. The Morgan fingerprint density at radius 2 is 1.52 bits per heavy atom. The third-order valence-corrected chi connectivity index (χ3v) is 4.43. The second-order valence-corrected chi connectivity index (χ2v) is 6.39. The molecule has 0 amide bonds. The molecule has 3 nitrogen and oxygen atoms in total. The van der Waals surface area contributed by atoms with Gasteiger partial charge in [-0.15, -0.1) is 0 Å². The zero-order valence-corrected chi connectivity index (χ0v) is 14.8. The molecule has 132 valence electrons. The first-order valence-electron chi connectivity index (χ1n) is 8.92. The molecule has 0 spiro atoms. The summed E-state index contributed by atoms with van der Waals surface area (Å²) in [6.07, 6.45) is 0.385. The maximum atomic E-state index is 12.3. The largest absolute Gasteiger partial charge is 0.487 e. The predicted octanol–water partition coefficient (Wildman–Crippen LogP) is 5.24. The molecule has 0 N–H and O–H groups in total. The quantitative estimate of drug-likeness (QED) is 0.445. The molecule has 27 heavy (non-hydrogen) atoms. The van der Waals surface area contributed by atoms with Crippen molar-refractivity contribution in [2.45, 2.75) is 13.0 Å². The zero-order valence-electron chi connectivity index (χ0n) is 14.8. The highest BCUT2D eigenvalue weighted by Crippen LogP contribution is 2.17. The average Bonchev–Trinajstić information content (AvgIpc) is 2.74. The van der Waals surface area contributed by atoms with Crippen molar-refractivity contribution in [3.63, 3.8) is 0 Å². The number of benzene rings is 3. The molecule has 4 rings (SSSR count). The molecule has 0 saturated heterocycles. The molecule has 0 aliphatic carbocycles. The number of rotatable bonds is 6. The highest BCUT2D eigenvalue weighted by atomic mass is 16.5. The van der Waals surface area contributed by atoms with Crippen LogP contribution in [0.2, 0.25) is 0 Å². The summed E-state index contributed by atoms with van der Waals surface area (Å²) in [6.45, 7) is 0.410. The average molecular weight is 353 g/mol. The van der Waals surface area contributed by atoms with Crippen molar-refractivity contribution in [1.29, 1.82) is 0 Å². The minimum atomic E-state index is 0.115. The van der Waals surface area contributed by atoms with Gasteiger partial charge in [0.15, 0.2) is 5.78 Å². The molecular formula is C24H19NO2. The molecule has 0 radical (unpaired) electrons. The van der Waals surface area contributed by atoms with Crippen LogP contribution in [0, 0.1) is 0 Å². The fourth-order valence-electron chi connectivity index (χ4n) is 2.96. The van der Waals surface area contributed by atoms with E-state index in [1.807, 2.05) is 84.9 Å². The maximum Gasteiger partial charge on any atom is 0.167 e. The van der Waals surface area contributed by atoms with E-state index in [0.717, 1.165) is 33.5 Å². The molecule has 0 saturated carbocycles. The smallest absolute Gasteiger partial charge is 0.167 e. The molecule has 1 aromatic heterocycles. The first kappa shape index (κ1) is 17.0. The fraction of sp³-hybridized carbons (Fsp3) is 0.0833. The summed E-state index contributed by atoms with van der Waals surface area (Å²) >= 11 is 0. The Morgan fingerprint density at radius 1 is 0.778 bits per heavy atom. The SMILES string of the molecule is O=C(Cc1ccc(OCc2ccc3ccccc3n2)cc1)c1ccccc1. The molecule has 0 unspecified atom stereocenters. The molecule has 1 heterocycles. The molecule has 0 bridgehead atoms. The molecular weight excluding hydrogens is 334 g/mol. The Labute approximate surface area is 158 Å². The van der Waals surface area contributed by atoms with E-state index < -0.39 is 0 Å². The van der Waals surface area contributed by atoms with Crippen LogP contribution in [0.4, 0.5) is 0 Å². The van der Waals surface area contributed by atoms with Gasteiger partial charge in [0.1, 0.15) is 12.4 Å². The lowest BCUT2D eigenvalue weighted by molar-refractivity contribution is 0.0993. The molecule has 4 aromatic rings. The number of Topliss-reactive ketones (excluding diaryl/α,β-unsaturated/α-hetero) is 1. The lowest BCUT2D eigenvalue weighted by atomic mass is 10.0. The standard InChI is InChI=1S/C24H19NO2/c26-24(20-7-2-1-3-8-20)16-18-10-14-22(15-11-18)27-17-21-13-12-19-6-4-5-9-23(19)25-21/h1-15H,16-17H2. The molecule has 0 aliphatic heterocycles. The van der Waals surface area contributed by atoms with Crippen molar-refractivity contribution in [2.75, 3.05) is 0 Å². The van der Waals surface area contributed by atoms with E-state index in [-0.39, 0.29) is 5.78 Å². The topological polar surface area (TPSA) is 39.2 Å². The highest BCUT2D eigenvalue weighted by molar-refractivity contribution is 5.97. The number of nitrogens with zero attached hydrogens (tertiary/aromatic N) is 1. The number of fused-ring (bicyclic) bond motifs is 1. The van der Waals surface area contributed by atoms with Gasteiger partial charge in [-0.3, -0.25) is 4.79 Å². The summed E-state index contributed by atoms with van der Waals surface area (Å²) < 4.78 is 5.84. The fourth-order valence-corrected chi connectivity index (χ4v) is 2.96. The van der Waals surface area contributed by atoms with Gasteiger partial charge in [0.25, 0.3) is 0 Å². The van der Waals surface area contributed by atoms with Crippen LogP contribution in [-0.2, 0) is 13.0 Å². The minimum Gasteiger partial charge on any atom is -0.487 e. The van der Waals surface area contributed by atoms with Crippen LogP contribution in [0.25, 0.3) is 10.9 Å². The van der Waals surface area contributed by atoms with Gasteiger partial charge in [-0.05, 0) is 29.8 Å². The number of carbonyl (C=O) groups excluding carboxylic acids is 1. The summed E-state index contributed by atoms with van der Waals surface area (Å²) in [5, 5.41) is 1.12. The zero-order chi connectivity index (χ0) is 18.5. The van der Waals surface area contributed by atoms with Crippen molar-refractivity contribution >= 4 is 16.7 Å². The summed E-state index contributed by atoms with van der Waals surface area (Å²) in [7, 11) is 0. The van der Waals surface area contributed by atoms with E-state index in [9.17, 15) is 4.79 Å². The van der Waals surface area contributed by atoms with Gasteiger partial charge in [0, 0.05) is 17.4 Å². The normalized spacial score (nSPS) is 10.7. The first-order chi connectivity index (χ1) is 13.3. The number of ether oxygens (including phenoxy) is 1. The lowest BCUT2D eigenvalue weighted by Gasteiger charge is -2.08. The van der Waals surface area contributed by atoms with Gasteiger partial charge >= 0.3 is 0 Å². The van der Waals surface area contributed by atoms with E-state index in [1.165, 1.54) is 0 Å². The van der Waals surface area contributed by atoms with E-state index in [4.69, 9.17) is 4.74 Å². The summed E-state index contributed by atoms with van der Waals surface area (Å²) in [5.41, 5.74) is 3.56.